The molecule has 1 aliphatic rings. The van der Waals surface area contributed by atoms with Crippen molar-refractivity contribution in [3.05, 3.63) is 47.0 Å². The molecule has 1 aromatic carbocycles. The van der Waals surface area contributed by atoms with Gasteiger partial charge in [-0.1, -0.05) is 18.2 Å². The molecule has 0 bridgehead atoms. The third-order valence-corrected chi connectivity index (χ3v) is 3.98. The van der Waals surface area contributed by atoms with Gasteiger partial charge in [-0.2, -0.15) is 0 Å². The molecule has 1 aliphatic heterocycles. The van der Waals surface area contributed by atoms with E-state index in [1.54, 1.807) is 35.8 Å². The smallest absolute Gasteiger partial charge is 0.257 e. The molecule has 106 valence electrons. The molecular weight excluding hydrogens is 290 g/mol. The van der Waals surface area contributed by atoms with E-state index in [0.29, 0.717) is 10.7 Å². The first kappa shape index (κ1) is 13.4. The number of carbonyl (C=O) groups is 3. The molecule has 1 atom stereocenters. The minimum Gasteiger partial charge on any atom is -0.323 e. The van der Waals surface area contributed by atoms with Crippen molar-refractivity contribution in [2.75, 3.05) is 12.4 Å². The molecule has 0 spiro atoms. The highest BCUT2D eigenvalue weighted by molar-refractivity contribution is 7.13. The fraction of sp³-hybridized carbons (Fsp3) is 0.143. The lowest BCUT2D eigenvalue weighted by molar-refractivity contribution is -0.118. The number of Topliss-reactive ketones (excluding diaryl/α,β-unsaturated/α-hetero) is 1. The molecule has 0 saturated carbocycles. The molecule has 0 fully saturated rings. The van der Waals surface area contributed by atoms with Crippen LogP contribution in [-0.2, 0) is 4.79 Å². The Kier molecular flexibility index (Phi) is 3.26. The third-order valence-electron chi connectivity index (χ3n) is 3.29. The molecular formula is C14H11N3O3S. The van der Waals surface area contributed by atoms with Crippen LogP contribution in [0, 0.1) is 0 Å². The lowest BCUT2D eigenvalue weighted by Crippen LogP contribution is -2.53. The van der Waals surface area contributed by atoms with Crippen molar-refractivity contribution >= 4 is 34.1 Å². The normalized spacial score (nSPS) is 17.6. The van der Waals surface area contributed by atoms with Crippen LogP contribution in [0.15, 0.2) is 35.8 Å². The molecule has 0 aliphatic carbocycles. The van der Waals surface area contributed by atoms with Gasteiger partial charge in [0.15, 0.2) is 17.0 Å². The second-order valence-corrected chi connectivity index (χ2v) is 5.45. The van der Waals surface area contributed by atoms with Crippen LogP contribution < -0.4 is 5.32 Å². The number of fused-ring (bicyclic) bond motifs is 1. The summed E-state index contributed by atoms with van der Waals surface area (Å²) in [5, 5.41) is 4.66. The minimum atomic E-state index is -1.17. The van der Waals surface area contributed by atoms with Gasteiger partial charge < -0.3 is 4.90 Å². The summed E-state index contributed by atoms with van der Waals surface area (Å²) in [6.45, 7) is 0. The molecule has 7 heteroatoms. The lowest BCUT2D eigenvalue weighted by atomic mass is 9.92. The van der Waals surface area contributed by atoms with E-state index in [2.05, 4.69) is 10.3 Å². The Balaban J connectivity index is 1.94. The quantitative estimate of drug-likeness (QED) is 0.851. The Morgan fingerprint density at radius 2 is 2.00 bits per heavy atom. The van der Waals surface area contributed by atoms with E-state index in [1.807, 2.05) is 0 Å². The Hall–Kier alpha value is -2.54. The van der Waals surface area contributed by atoms with Crippen molar-refractivity contribution in [1.82, 2.24) is 9.88 Å². The van der Waals surface area contributed by atoms with Gasteiger partial charge in [-0.25, -0.2) is 4.98 Å². The molecule has 3 rings (SSSR count). The lowest BCUT2D eigenvalue weighted by Gasteiger charge is -2.31. The number of amides is 2. The van der Waals surface area contributed by atoms with Crippen LogP contribution in [0.3, 0.4) is 0 Å². The van der Waals surface area contributed by atoms with Gasteiger partial charge in [-0.3, -0.25) is 19.7 Å². The van der Waals surface area contributed by atoms with Crippen molar-refractivity contribution in [1.29, 1.82) is 0 Å². The standard InChI is InChI=1S/C14H11N3O3S/c1-17-10(12(19)16-14-15-6-7-21-14)11(18)8-4-2-3-5-9(8)13(17)20/h2-7,10H,1H3,(H,15,16,19). The first-order valence-corrected chi connectivity index (χ1v) is 7.08. The molecule has 1 N–H and O–H groups in total. The van der Waals surface area contributed by atoms with Crippen LogP contribution >= 0.6 is 11.3 Å². The number of thiazole rings is 1. The van der Waals surface area contributed by atoms with E-state index in [1.165, 1.54) is 18.4 Å². The largest absolute Gasteiger partial charge is 0.323 e. The van der Waals surface area contributed by atoms with Gasteiger partial charge in [0.25, 0.3) is 11.8 Å². The third kappa shape index (κ3) is 2.21. The number of likely N-dealkylation sites (N-methyl/N-ethyl adjacent to an activating group) is 1. The van der Waals surface area contributed by atoms with E-state index in [-0.39, 0.29) is 17.3 Å². The van der Waals surface area contributed by atoms with E-state index in [9.17, 15) is 14.4 Å². The minimum absolute atomic E-state index is 0.278. The molecule has 0 saturated heterocycles. The number of benzene rings is 1. The van der Waals surface area contributed by atoms with Crippen molar-refractivity contribution in [3.63, 3.8) is 0 Å². The van der Waals surface area contributed by atoms with Crippen LogP contribution in [0.1, 0.15) is 20.7 Å². The van der Waals surface area contributed by atoms with Gasteiger partial charge in [-0.05, 0) is 6.07 Å². The number of nitrogens with zero attached hydrogens (tertiary/aromatic N) is 2. The summed E-state index contributed by atoms with van der Waals surface area (Å²) < 4.78 is 0. The molecule has 1 unspecified atom stereocenters. The average molecular weight is 301 g/mol. The van der Waals surface area contributed by atoms with Crippen LogP contribution in [0.2, 0.25) is 0 Å². The Labute approximate surface area is 124 Å². The van der Waals surface area contributed by atoms with E-state index in [0.717, 1.165) is 4.90 Å². The summed E-state index contributed by atoms with van der Waals surface area (Å²) in [5.41, 5.74) is 0.600. The molecule has 21 heavy (non-hydrogen) atoms. The molecule has 2 aromatic rings. The maximum absolute atomic E-state index is 12.5. The highest BCUT2D eigenvalue weighted by atomic mass is 32.1. The fourth-order valence-corrected chi connectivity index (χ4v) is 2.80. The van der Waals surface area contributed by atoms with Gasteiger partial charge in [-0.15, -0.1) is 11.3 Å². The summed E-state index contributed by atoms with van der Waals surface area (Å²) in [7, 11) is 1.45. The van der Waals surface area contributed by atoms with Crippen molar-refractivity contribution < 1.29 is 14.4 Å². The SMILES string of the molecule is CN1C(=O)c2ccccc2C(=O)C1C(=O)Nc1nccs1. The number of nitrogens with one attached hydrogen (secondary N) is 1. The Bertz CT molecular complexity index is 727. The molecule has 2 heterocycles. The maximum atomic E-state index is 12.5. The van der Waals surface area contributed by atoms with E-state index < -0.39 is 11.9 Å². The Morgan fingerprint density at radius 1 is 1.29 bits per heavy atom. The summed E-state index contributed by atoms with van der Waals surface area (Å²) in [5.74, 6) is -1.29. The number of hydrogen-bond donors (Lipinski definition) is 1. The number of rotatable bonds is 2. The van der Waals surface area contributed by atoms with E-state index in [4.69, 9.17) is 0 Å². The molecule has 0 radical (unpaired) electrons. The van der Waals surface area contributed by atoms with Gasteiger partial charge in [0.05, 0.1) is 5.56 Å². The average Bonchev–Trinajstić information content (AvgIpc) is 2.98. The fourth-order valence-electron chi connectivity index (χ4n) is 2.27. The van der Waals surface area contributed by atoms with E-state index >= 15 is 0 Å². The topological polar surface area (TPSA) is 79.4 Å². The molecule has 1 aromatic heterocycles. The zero-order valence-corrected chi connectivity index (χ0v) is 11.9. The molecule has 6 nitrogen and oxygen atoms in total. The van der Waals surface area contributed by atoms with Gasteiger partial charge in [0.1, 0.15) is 0 Å². The maximum Gasteiger partial charge on any atom is 0.257 e. The summed E-state index contributed by atoms with van der Waals surface area (Å²) in [4.78, 5) is 42.1. The summed E-state index contributed by atoms with van der Waals surface area (Å²) in [6, 6.07) is 5.34. The van der Waals surface area contributed by atoms with Crippen molar-refractivity contribution in [2.24, 2.45) is 0 Å². The zero-order valence-electron chi connectivity index (χ0n) is 11.1. The van der Waals surface area contributed by atoms with Gasteiger partial charge in [0, 0.05) is 24.2 Å². The first-order valence-electron chi connectivity index (χ1n) is 6.20. The number of hydrogen-bond acceptors (Lipinski definition) is 5. The van der Waals surface area contributed by atoms with Crippen LogP contribution in [0.4, 0.5) is 5.13 Å². The molecule has 2 amide bonds. The first-order chi connectivity index (χ1) is 10.1. The summed E-state index contributed by atoms with van der Waals surface area (Å²) in [6.07, 6.45) is 1.55. The second-order valence-electron chi connectivity index (χ2n) is 4.55. The summed E-state index contributed by atoms with van der Waals surface area (Å²) >= 11 is 1.25. The van der Waals surface area contributed by atoms with Crippen LogP contribution in [0.25, 0.3) is 0 Å². The number of ketones is 1. The monoisotopic (exact) mass is 301 g/mol. The highest BCUT2D eigenvalue weighted by Gasteiger charge is 2.41. The zero-order chi connectivity index (χ0) is 15.0. The van der Waals surface area contributed by atoms with Gasteiger partial charge in [0.2, 0.25) is 0 Å². The van der Waals surface area contributed by atoms with Crippen LogP contribution in [-0.4, -0.2) is 40.6 Å². The second kappa shape index (κ2) is 5.10. The van der Waals surface area contributed by atoms with Crippen molar-refractivity contribution in [2.45, 2.75) is 6.04 Å². The number of aromatic nitrogens is 1. The number of carbonyl (C=O) groups excluding carboxylic acids is 3. The predicted molar refractivity (Wildman–Crippen MR) is 77.4 cm³/mol. The van der Waals surface area contributed by atoms with Gasteiger partial charge >= 0.3 is 0 Å². The Morgan fingerprint density at radius 3 is 2.67 bits per heavy atom. The number of anilines is 1. The highest BCUT2D eigenvalue weighted by Crippen LogP contribution is 2.23. The van der Waals surface area contributed by atoms with Crippen LogP contribution in [0.5, 0.6) is 0 Å². The predicted octanol–water partition coefficient (Wildman–Crippen LogP) is 1.42. The van der Waals surface area contributed by atoms with Crippen molar-refractivity contribution in [3.8, 4) is 0 Å².